The summed E-state index contributed by atoms with van der Waals surface area (Å²) in [5.74, 6) is -0.695. The van der Waals surface area contributed by atoms with Gasteiger partial charge in [-0.25, -0.2) is 19.2 Å². The molecule has 28 heavy (non-hydrogen) atoms. The lowest BCUT2D eigenvalue weighted by Crippen LogP contribution is -2.48. The molecule has 3 amide bonds. The highest BCUT2D eigenvalue weighted by Crippen LogP contribution is 2.37. The number of urea groups is 1. The van der Waals surface area contributed by atoms with Crippen LogP contribution in [0.1, 0.15) is 20.8 Å². The van der Waals surface area contributed by atoms with E-state index in [9.17, 15) is 14.0 Å². The number of rotatable bonds is 4. The molecule has 146 valence electrons. The Morgan fingerprint density at radius 3 is 2.57 bits per heavy atom. The van der Waals surface area contributed by atoms with Crippen molar-refractivity contribution in [2.45, 2.75) is 31.3 Å². The van der Waals surface area contributed by atoms with Gasteiger partial charge in [0, 0.05) is 16.5 Å². The van der Waals surface area contributed by atoms with E-state index in [1.165, 1.54) is 41.6 Å². The third kappa shape index (κ3) is 5.05. The van der Waals surface area contributed by atoms with Crippen molar-refractivity contribution < 1.29 is 14.0 Å². The highest BCUT2D eigenvalue weighted by atomic mass is 32.2. The van der Waals surface area contributed by atoms with Crippen LogP contribution in [0.5, 0.6) is 0 Å². The first-order valence-electron chi connectivity index (χ1n) is 8.46. The van der Waals surface area contributed by atoms with Crippen molar-refractivity contribution in [1.82, 2.24) is 20.6 Å². The predicted molar refractivity (Wildman–Crippen MR) is 110 cm³/mol. The van der Waals surface area contributed by atoms with Crippen LogP contribution in [0.2, 0.25) is 0 Å². The molecule has 2 aromatic heterocycles. The molecule has 2 N–H and O–H groups in total. The molecule has 0 fully saturated rings. The van der Waals surface area contributed by atoms with Crippen LogP contribution in [0, 0.1) is 5.82 Å². The molecule has 0 bridgehead atoms. The largest absolute Gasteiger partial charge is 0.333 e. The number of carbonyl (C=O) groups is 2. The van der Waals surface area contributed by atoms with Crippen molar-refractivity contribution in [2.75, 3.05) is 5.75 Å². The zero-order valence-electron chi connectivity index (χ0n) is 15.6. The smallest absolute Gasteiger partial charge is 0.321 e. The molecule has 0 aliphatic rings. The van der Waals surface area contributed by atoms with Crippen LogP contribution in [0.3, 0.4) is 0 Å². The first-order chi connectivity index (χ1) is 13.2. The van der Waals surface area contributed by atoms with Crippen LogP contribution in [0.15, 0.2) is 41.0 Å². The number of nitrogens with zero attached hydrogens (tertiary/aromatic N) is 2. The lowest BCUT2D eigenvalue weighted by Gasteiger charge is -2.20. The maximum Gasteiger partial charge on any atom is 0.321 e. The fourth-order valence-corrected chi connectivity index (χ4v) is 4.26. The number of hydrogen-bond donors (Lipinski definition) is 2. The molecule has 0 spiro atoms. The van der Waals surface area contributed by atoms with Gasteiger partial charge in [0.1, 0.15) is 22.0 Å². The van der Waals surface area contributed by atoms with Crippen molar-refractivity contribution in [2.24, 2.45) is 0 Å². The Morgan fingerprint density at radius 2 is 1.89 bits per heavy atom. The molecule has 9 heteroatoms. The number of nitrogens with one attached hydrogen (secondary N) is 2. The Morgan fingerprint density at radius 1 is 1.18 bits per heavy atom. The number of amides is 3. The van der Waals surface area contributed by atoms with E-state index in [1.807, 2.05) is 26.2 Å². The molecule has 2 heterocycles. The van der Waals surface area contributed by atoms with Gasteiger partial charge in [0.15, 0.2) is 0 Å². The van der Waals surface area contributed by atoms with E-state index in [0.717, 1.165) is 21.3 Å². The number of imide groups is 1. The van der Waals surface area contributed by atoms with Crippen molar-refractivity contribution in [3.05, 3.63) is 41.8 Å². The third-order valence-corrected chi connectivity index (χ3v) is 5.45. The van der Waals surface area contributed by atoms with Gasteiger partial charge in [-0.05, 0) is 38.5 Å². The molecule has 0 aliphatic carbocycles. The molecule has 0 unspecified atom stereocenters. The summed E-state index contributed by atoms with van der Waals surface area (Å²) in [6, 6.07) is 5.66. The number of fused-ring (bicyclic) bond motifs is 1. The van der Waals surface area contributed by atoms with Gasteiger partial charge >= 0.3 is 6.03 Å². The van der Waals surface area contributed by atoms with E-state index in [1.54, 1.807) is 12.1 Å². The van der Waals surface area contributed by atoms with Crippen LogP contribution in [0.25, 0.3) is 21.3 Å². The van der Waals surface area contributed by atoms with Gasteiger partial charge < -0.3 is 5.32 Å². The summed E-state index contributed by atoms with van der Waals surface area (Å²) in [6.45, 7) is 5.49. The average Bonchev–Trinajstić information content (AvgIpc) is 3.03. The molecule has 3 rings (SSSR count). The Kier molecular flexibility index (Phi) is 5.95. The van der Waals surface area contributed by atoms with Gasteiger partial charge in [-0.3, -0.25) is 10.1 Å². The van der Waals surface area contributed by atoms with Crippen molar-refractivity contribution >= 4 is 45.3 Å². The third-order valence-electron chi connectivity index (χ3n) is 3.57. The lowest BCUT2D eigenvalue weighted by molar-refractivity contribution is -0.117. The van der Waals surface area contributed by atoms with Gasteiger partial charge in [0.25, 0.3) is 0 Å². The zero-order valence-corrected chi connectivity index (χ0v) is 17.2. The number of carbonyl (C=O) groups excluding carboxylic acids is 2. The molecule has 0 saturated carbocycles. The van der Waals surface area contributed by atoms with Crippen LogP contribution in [-0.4, -0.2) is 33.2 Å². The minimum Gasteiger partial charge on any atom is -0.333 e. The lowest BCUT2D eigenvalue weighted by atomic mass is 10.1. The highest BCUT2D eigenvalue weighted by Gasteiger charge is 2.18. The Hall–Kier alpha value is -2.52. The molecular weight excluding hydrogens is 399 g/mol. The van der Waals surface area contributed by atoms with Crippen LogP contribution < -0.4 is 10.6 Å². The summed E-state index contributed by atoms with van der Waals surface area (Å²) in [5.41, 5.74) is 1.30. The minimum absolute atomic E-state index is 0.0301. The van der Waals surface area contributed by atoms with E-state index in [2.05, 4.69) is 20.6 Å². The zero-order chi connectivity index (χ0) is 20.3. The molecule has 1 aromatic carbocycles. The van der Waals surface area contributed by atoms with E-state index < -0.39 is 17.5 Å². The average molecular weight is 419 g/mol. The van der Waals surface area contributed by atoms with Gasteiger partial charge in [-0.2, -0.15) is 0 Å². The van der Waals surface area contributed by atoms with Crippen LogP contribution in [0.4, 0.5) is 9.18 Å². The molecule has 3 aromatic rings. The van der Waals surface area contributed by atoms with E-state index >= 15 is 0 Å². The van der Waals surface area contributed by atoms with E-state index in [0.29, 0.717) is 5.03 Å². The van der Waals surface area contributed by atoms with Gasteiger partial charge in [-0.15, -0.1) is 11.3 Å². The first-order valence-corrected chi connectivity index (χ1v) is 10.3. The SMILES string of the molecule is CC(C)(C)NC(=O)NC(=O)CSc1ncnc2scc(-c3ccc(F)cc3)c12. The summed E-state index contributed by atoms with van der Waals surface area (Å²) < 4.78 is 13.2. The summed E-state index contributed by atoms with van der Waals surface area (Å²) in [6.07, 6.45) is 1.44. The minimum atomic E-state index is -0.534. The molecule has 0 radical (unpaired) electrons. The normalized spacial score (nSPS) is 11.4. The van der Waals surface area contributed by atoms with Crippen molar-refractivity contribution in [3.63, 3.8) is 0 Å². The number of benzene rings is 1. The van der Waals surface area contributed by atoms with Gasteiger partial charge in [-0.1, -0.05) is 23.9 Å². The Balaban J connectivity index is 1.76. The standard InChI is InChI=1S/C19H19FN4O2S2/c1-19(2,3)24-18(26)23-14(25)9-28-17-15-13(8-27-16(15)21-10-22-17)11-4-6-12(20)7-5-11/h4-8,10H,9H2,1-3H3,(H2,23,24,25,26). The maximum absolute atomic E-state index is 13.2. The first kappa shape index (κ1) is 20.2. The number of thioether (sulfide) groups is 1. The summed E-state index contributed by atoms with van der Waals surface area (Å²) in [7, 11) is 0. The summed E-state index contributed by atoms with van der Waals surface area (Å²) in [4.78, 5) is 33.3. The Bertz CT molecular complexity index is 1010. The van der Waals surface area contributed by atoms with Crippen molar-refractivity contribution in [3.8, 4) is 11.1 Å². The summed E-state index contributed by atoms with van der Waals surface area (Å²) in [5, 5.41) is 8.37. The van der Waals surface area contributed by atoms with E-state index in [-0.39, 0.29) is 11.6 Å². The summed E-state index contributed by atoms with van der Waals surface area (Å²) >= 11 is 2.68. The molecule has 0 aliphatic heterocycles. The second kappa shape index (κ2) is 8.24. The highest BCUT2D eigenvalue weighted by molar-refractivity contribution is 8.00. The number of thiophene rings is 1. The molecule has 0 saturated heterocycles. The van der Waals surface area contributed by atoms with Crippen LogP contribution >= 0.6 is 23.1 Å². The molecule has 6 nitrogen and oxygen atoms in total. The number of aromatic nitrogens is 2. The number of hydrogen-bond acceptors (Lipinski definition) is 6. The Labute approximate surface area is 170 Å². The topological polar surface area (TPSA) is 84.0 Å². The molecular formula is C19H19FN4O2S2. The fraction of sp³-hybridized carbons (Fsp3) is 0.263. The van der Waals surface area contributed by atoms with Gasteiger partial charge in [0.05, 0.1) is 11.1 Å². The maximum atomic E-state index is 13.2. The second-order valence-corrected chi connectivity index (χ2v) is 8.88. The fourth-order valence-electron chi connectivity index (χ4n) is 2.47. The number of halogens is 1. The van der Waals surface area contributed by atoms with Crippen molar-refractivity contribution in [1.29, 1.82) is 0 Å². The monoisotopic (exact) mass is 418 g/mol. The quantitative estimate of drug-likeness (QED) is 0.490. The second-order valence-electron chi connectivity index (χ2n) is 7.06. The molecule has 0 atom stereocenters. The van der Waals surface area contributed by atoms with Crippen LogP contribution in [-0.2, 0) is 4.79 Å². The predicted octanol–water partition coefficient (Wildman–Crippen LogP) is 4.21. The van der Waals surface area contributed by atoms with E-state index in [4.69, 9.17) is 0 Å². The van der Waals surface area contributed by atoms with Gasteiger partial charge in [0.2, 0.25) is 5.91 Å².